The van der Waals surface area contributed by atoms with E-state index in [1.54, 1.807) is 12.1 Å². The Bertz CT molecular complexity index is 644. The van der Waals surface area contributed by atoms with E-state index in [4.69, 9.17) is 11.6 Å². The maximum atomic E-state index is 10.9. The third-order valence-electron chi connectivity index (χ3n) is 3.18. The molecule has 0 saturated carbocycles. The number of alkyl halides is 1. The van der Waals surface area contributed by atoms with Crippen LogP contribution in [0.1, 0.15) is 11.1 Å². The Kier molecular flexibility index (Phi) is 4.25. The number of aryl methyl sites for hydroxylation is 1. The third kappa shape index (κ3) is 2.91. The van der Waals surface area contributed by atoms with Crippen LogP contribution in [-0.4, -0.2) is 12.0 Å². The highest BCUT2D eigenvalue weighted by Gasteiger charge is 2.15. The van der Waals surface area contributed by atoms with Gasteiger partial charge >= 0.3 is 0 Å². The minimum Gasteiger partial charge on any atom is -0.345 e. The van der Waals surface area contributed by atoms with Crippen molar-refractivity contribution in [1.82, 2.24) is 0 Å². The minimum absolute atomic E-state index is 0.0568. The van der Waals surface area contributed by atoms with Gasteiger partial charge < -0.3 is 4.90 Å². The van der Waals surface area contributed by atoms with E-state index >= 15 is 0 Å². The third-order valence-corrected chi connectivity index (χ3v) is 3.47. The van der Waals surface area contributed by atoms with Gasteiger partial charge in [0, 0.05) is 30.1 Å². The molecule has 0 spiro atoms. The zero-order valence-corrected chi connectivity index (χ0v) is 12.1. The topological polar surface area (TPSA) is 46.4 Å². The Balaban J connectivity index is 2.40. The molecule has 0 bridgehead atoms. The van der Waals surface area contributed by atoms with Crippen molar-refractivity contribution in [1.29, 1.82) is 0 Å². The lowest BCUT2D eigenvalue weighted by Crippen LogP contribution is -2.10. The van der Waals surface area contributed by atoms with Crippen LogP contribution in [0.2, 0.25) is 0 Å². The molecule has 2 rings (SSSR count). The summed E-state index contributed by atoms with van der Waals surface area (Å²) in [5.74, 6) is 0.117. The standard InChI is InChI=1S/C15H15ClN2O2/c1-11-4-3-5-13(8-11)17(2)14-6-7-15(18(19)20)12(9-14)10-16/h3-9H,10H2,1-2H3. The molecule has 0 fully saturated rings. The van der Waals surface area contributed by atoms with Crippen molar-refractivity contribution in [2.45, 2.75) is 12.8 Å². The summed E-state index contributed by atoms with van der Waals surface area (Å²) in [5, 5.41) is 10.9. The van der Waals surface area contributed by atoms with Crippen LogP contribution < -0.4 is 4.90 Å². The number of rotatable bonds is 4. The molecule has 0 atom stereocenters. The van der Waals surface area contributed by atoms with Crippen molar-refractivity contribution >= 4 is 28.7 Å². The summed E-state index contributed by atoms with van der Waals surface area (Å²) >= 11 is 5.80. The van der Waals surface area contributed by atoms with Crippen molar-refractivity contribution < 1.29 is 4.92 Å². The lowest BCUT2D eigenvalue weighted by Gasteiger charge is -2.20. The van der Waals surface area contributed by atoms with Gasteiger partial charge in [-0.1, -0.05) is 12.1 Å². The van der Waals surface area contributed by atoms with Gasteiger partial charge in [-0.05, 0) is 36.8 Å². The number of nitro benzene ring substituents is 1. The molecular weight excluding hydrogens is 276 g/mol. The minimum atomic E-state index is -0.409. The predicted molar refractivity (Wildman–Crippen MR) is 81.9 cm³/mol. The fraction of sp³-hybridized carbons (Fsp3) is 0.200. The first-order valence-corrected chi connectivity index (χ1v) is 6.70. The Morgan fingerprint density at radius 3 is 2.50 bits per heavy atom. The van der Waals surface area contributed by atoms with Gasteiger partial charge in [-0.15, -0.1) is 11.6 Å². The Morgan fingerprint density at radius 1 is 1.20 bits per heavy atom. The molecule has 0 aliphatic carbocycles. The SMILES string of the molecule is Cc1cccc(N(C)c2ccc([N+](=O)[O-])c(CCl)c2)c1. The molecule has 0 aliphatic rings. The first kappa shape index (κ1) is 14.3. The van der Waals surface area contributed by atoms with Crippen molar-refractivity contribution in [3.05, 3.63) is 63.7 Å². The summed E-state index contributed by atoms with van der Waals surface area (Å²) < 4.78 is 0. The number of hydrogen-bond acceptors (Lipinski definition) is 3. The summed E-state index contributed by atoms with van der Waals surface area (Å²) in [6, 6.07) is 13.0. The zero-order chi connectivity index (χ0) is 14.7. The Labute approximate surface area is 122 Å². The maximum absolute atomic E-state index is 10.9. The van der Waals surface area contributed by atoms with Crippen LogP contribution in [0.25, 0.3) is 0 Å². The van der Waals surface area contributed by atoms with E-state index in [1.165, 1.54) is 6.07 Å². The molecule has 0 heterocycles. The molecule has 0 aliphatic heterocycles. The molecule has 104 valence electrons. The van der Waals surface area contributed by atoms with Crippen molar-refractivity contribution in [2.24, 2.45) is 0 Å². The van der Waals surface area contributed by atoms with Gasteiger partial charge in [0.05, 0.1) is 10.8 Å². The summed E-state index contributed by atoms with van der Waals surface area (Å²) in [5.41, 5.74) is 3.64. The predicted octanol–water partition coefficient (Wildman–Crippen LogP) is 4.41. The van der Waals surface area contributed by atoms with Crippen LogP contribution in [0.3, 0.4) is 0 Å². The van der Waals surface area contributed by atoms with Gasteiger partial charge in [0.25, 0.3) is 5.69 Å². The van der Waals surface area contributed by atoms with Gasteiger partial charge in [0.1, 0.15) is 0 Å². The molecule has 20 heavy (non-hydrogen) atoms. The normalized spacial score (nSPS) is 10.3. The number of nitrogens with zero attached hydrogens (tertiary/aromatic N) is 2. The van der Waals surface area contributed by atoms with Crippen molar-refractivity contribution in [2.75, 3.05) is 11.9 Å². The molecule has 0 amide bonds. The van der Waals surface area contributed by atoms with Gasteiger partial charge in [-0.2, -0.15) is 0 Å². The second-order valence-electron chi connectivity index (χ2n) is 4.60. The smallest absolute Gasteiger partial charge is 0.273 e. The molecule has 0 N–H and O–H groups in total. The first-order valence-electron chi connectivity index (χ1n) is 6.16. The number of hydrogen-bond donors (Lipinski definition) is 0. The Morgan fingerprint density at radius 2 is 1.90 bits per heavy atom. The lowest BCUT2D eigenvalue weighted by molar-refractivity contribution is -0.385. The fourth-order valence-corrected chi connectivity index (χ4v) is 2.27. The average Bonchev–Trinajstić information content (AvgIpc) is 2.45. The molecule has 0 aromatic heterocycles. The first-order chi connectivity index (χ1) is 9.52. The van der Waals surface area contributed by atoms with Gasteiger partial charge in [-0.3, -0.25) is 10.1 Å². The number of nitro groups is 1. The second-order valence-corrected chi connectivity index (χ2v) is 4.87. The lowest BCUT2D eigenvalue weighted by atomic mass is 10.1. The van der Waals surface area contributed by atoms with E-state index in [9.17, 15) is 10.1 Å². The molecule has 2 aromatic rings. The number of halogens is 1. The van der Waals surface area contributed by atoms with E-state index in [-0.39, 0.29) is 11.6 Å². The molecular formula is C15H15ClN2O2. The highest BCUT2D eigenvalue weighted by molar-refractivity contribution is 6.17. The van der Waals surface area contributed by atoms with Gasteiger partial charge in [0.2, 0.25) is 0 Å². The largest absolute Gasteiger partial charge is 0.345 e. The van der Waals surface area contributed by atoms with E-state index in [0.29, 0.717) is 5.56 Å². The number of anilines is 2. The van der Waals surface area contributed by atoms with Crippen molar-refractivity contribution in [3.63, 3.8) is 0 Å². The summed E-state index contributed by atoms with van der Waals surface area (Å²) in [4.78, 5) is 12.5. The average molecular weight is 291 g/mol. The van der Waals surface area contributed by atoms with Crippen LogP contribution in [-0.2, 0) is 5.88 Å². The molecule has 0 saturated heterocycles. The molecule has 2 aromatic carbocycles. The monoisotopic (exact) mass is 290 g/mol. The van der Waals surface area contributed by atoms with E-state index in [2.05, 4.69) is 6.07 Å². The van der Waals surface area contributed by atoms with Crippen LogP contribution in [0.5, 0.6) is 0 Å². The highest BCUT2D eigenvalue weighted by Crippen LogP contribution is 2.29. The second kappa shape index (κ2) is 5.92. The Hall–Kier alpha value is -2.07. The number of benzene rings is 2. The van der Waals surface area contributed by atoms with Crippen LogP contribution in [0.15, 0.2) is 42.5 Å². The quantitative estimate of drug-likeness (QED) is 0.476. The maximum Gasteiger partial charge on any atom is 0.273 e. The molecule has 4 nitrogen and oxygen atoms in total. The highest BCUT2D eigenvalue weighted by atomic mass is 35.5. The molecule has 5 heteroatoms. The summed E-state index contributed by atoms with van der Waals surface area (Å²) in [6.07, 6.45) is 0. The van der Waals surface area contributed by atoms with E-state index in [0.717, 1.165) is 16.9 Å². The molecule has 0 unspecified atom stereocenters. The fourth-order valence-electron chi connectivity index (χ4n) is 2.05. The summed E-state index contributed by atoms with van der Waals surface area (Å²) in [6.45, 7) is 2.03. The van der Waals surface area contributed by atoms with Crippen molar-refractivity contribution in [3.8, 4) is 0 Å². The van der Waals surface area contributed by atoms with Gasteiger partial charge in [0.15, 0.2) is 0 Å². The van der Waals surface area contributed by atoms with Gasteiger partial charge in [-0.25, -0.2) is 0 Å². The van der Waals surface area contributed by atoms with E-state index in [1.807, 2.05) is 37.1 Å². The molecule has 0 radical (unpaired) electrons. The zero-order valence-electron chi connectivity index (χ0n) is 11.3. The van der Waals surface area contributed by atoms with Crippen LogP contribution in [0.4, 0.5) is 17.1 Å². The summed E-state index contributed by atoms with van der Waals surface area (Å²) in [7, 11) is 1.92. The van der Waals surface area contributed by atoms with E-state index < -0.39 is 4.92 Å². The van der Waals surface area contributed by atoms with Crippen LogP contribution in [0, 0.1) is 17.0 Å². The van der Waals surface area contributed by atoms with Crippen LogP contribution >= 0.6 is 11.6 Å².